The highest BCUT2D eigenvalue weighted by Gasteiger charge is 2.38. The number of rotatable bonds is 6. The van der Waals surface area contributed by atoms with Gasteiger partial charge in [-0.05, 0) is 77.1 Å². The molecular formula is C35H44N4O7. The summed E-state index contributed by atoms with van der Waals surface area (Å²) in [4.78, 5) is 58.1. The molecule has 0 bridgehead atoms. The van der Waals surface area contributed by atoms with Crippen molar-refractivity contribution in [1.29, 1.82) is 0 Å². The molecule has 3 atom stereocenters. The summed E-state index contributed by atoms with van der Waals surface area (Å²) in [6.07, 6.45) is 4.43. The van der Waals surface area contributed by atoms with Gasteiger partial charge < -0.3 is 34.2 Å². The molecule has 0 aliphatic carbocycles. The summed E-state index contributed by atoms with van der Waals surface area (Å²) >= 11 is 0. The number of alkyl carbamates (subject to hydrolysis) is 1. The van der Waals surface area contributed by atoms with Crippen LogP contribution in [0.5, 0.6) is 5.75 Å². The van der Waals surface area contributed by atoms with Gasteiger partial charge in [-0.15, -0.1) is 0 Å². The van der Waals surface area contributed by atoms with Gasteiger partial charge in [-0.3, -0.25) is 9.59 Å². The lowest BCUT2D eigenvalue weighted by Gasteiger charge is -2.43. The minimum Gasteiger partial charge on any atom is -0.479 e. The number of piperidine rings is 1. The van der Waals surface area contributed by atoms with E-state index >= 15 is 0 Å². The minimum absolute atomic E-state index is 0.114. The van der Waals surface area contributed by atoms with Crippen molar-refractivity contribution in [2.45, 2.75) is 84.3 Å². The standard InChI is InChI=1S/C35H44N4O7/c1-23-11-9-14-26-19-30-29(20-28(26)32(41)39(23)27-15-10-17-37(21-27)34(43)46-35(3,4)5)38(31(40)24(2)45-30)18-16-36-33(42)44-22-25-12-7-6-8-13-25/h6-9,12-14,19-20,23-24,27H,10-11,15-18,21-22H2,1-5H3,(H,36,42)/b14-9+/t23?,24-,27-/m1/s1. The number of nitrogens with zero attached hydrogens (tertiary/aromatic N) is 3. The van der Waals surface area contributed by atoms with E-state index in [4.69, 9.17) is 14.2 Å². The van der Waals surface area contributed by atoms with Crippen molar-refractivity contribution in [3.63, 3.8) is 0 Å². The Balaban J connectivity index is 1.34. The fourth-order valence-electron chi connectivity index (χ4n) is 6.11. The maximum absolute atomic E-state index is 14.4. The number of anilines is 1. The number of hydrogen-bond acceptors (Lipinski definition) is 7. The number of hydrogen-bond donors (Lipinski definition) is 1. The topological polar surface area (TPSA) is 118 Å². The van der Waals surface area contributed by atoms with Crippen LogP contribution in [0, 0.1) is 0 Å². The molecule has 0 spiro atoms. The Labute approximate surface area is 270 Å². The first-order chi connectivity index (χ1) is 21.9. The Morgan fingerprint density at radius 3 is 2.59 bits per heavy atom. The molecule has 2 aromatic carbocycles. The highest BCUT2D eigenvalue weighted by molar-refractivity contribution is 6.04. The lowest BCUT2D eigenvalue weighted by molar-refractivity contribution is -0.125. The summed E-state index contributed by atoms with van der Waals surface area (Å²) in [7, 11) is 0. The molecule has 2 aromatic rings. The molecule has 0 aromatic heterocycles. The van der Waals surface area contributed by atoms with Crippen LogP contribution in [0.2, 0.25) is 0 Å². The first-order valence-electron chi connectivity index (χ1n) is 16.0. The molecule has 246 valence electrons. The highest BCUT2D eigenvalue weighted by Crippen LogP contribution is 2.39. The molecule has 11 nitrogen and oxygen atoms in total. The van der Waals surface area contributed by atoms with E-state index in [-0.39, 0.29) is 49.7 Å². The Morgan fingerprint density at radius 2 is 1.85 bits per heavy atom. The number of ether oxygens (including phenoxy) is 3. The molecule has 1 N–H and O–H groups in total. The SMILES string of the molecule is CC1C/C=C/c2cc3c(cc2C(=O)N1[C@@H]1CCCN(C(=O)OC(C)(C)C)C1)N(CCNC(=O)OCc1ccccc1)C(=O)[C@@H](C)O3. The molecule has 1 unspecified atom stereocenters. The Kier molecular flexibility index (Phi) is 9.88. The number of amides is 4. The molecular weight excluding hydrogens is 588 g/mol. The van der Waals surface area contributed by atoms with Crippen LogP contribution >= 0.6 is 0 Å². The number of likely N-dealkylation sites (tertiary alicyclic amines) is 1. The van der Waals surface area contributed by atoms with Crippen molar-refractivity contribution < 1.29 is 33.4 Å². The Morgan fingerprint density at radius 1 is 1.09 bits per heavy atom. The van der Waals surface area contributed by atoms with E-state index in [1.165, 1.54) is 0 Å². The summed E-state index contributed by atoms with van der Waals surface area (Å²) in [6.45, 7) is 10.6. The lowest BCUT2D eigenvalue weighted by Crippen LogP contribution is -2.55. The molecule has 46 heavy (non-hydrogen) atoms. The lowest BCUT2D eigenvalue weighted by atomic mass is 9.95. The second-order valence-electron chi connectivity index (χ2n) is 13.1. The number of nitrogens with one attached hydrogen (secondary N) is 1. The zero-order valence-electron chi connectivity index (χ0n) is 27.3. The molecule has 3 aliphatic heterocycles. The Bertz CT molecular complexity index is 1490. The normalized spacial score (nSPS) is 22.1. The average molecular weight is 633 g/mol. The zero-order chi connectivity index (χ0) is 33.0. The maximum atomic E-state index is 14.4. The second-order valence-corrected chi connectivity index (χ2v) is 13.1. The van der Waals surface area contributed by atoms with Gasteiger partial charge in [0.15, 0.2) is 6.10 Å². The second kappa shape index (κ2) is 13.8. The first kappa shape index (κ1) is 32.8. The van der Waals surface area contributed by atoms with Crippen LogP contribution in [0.4, 0.5) is 15.3 Å². The summed E-state index contributed by atoms with van der Waals surface area (Å²) < 4.78 is 16.9. The van der Waals surface area contributed by atoms with Crippen molar-refractivity contribution in [3.05, 3.63) is 65.2 Å². The van der Waals surface area contributed by atoms with Gasteiger partial charge in [0.25, 0.3) is 11.8 Å². The molecule has 0 radical (unpaired) electrons. The largest absolute Gasteiger partial charge is 0.479 e. The van der Waals surface area contributed by atoms with E-state index in [1.807, 2.05) is 75.1 Å². The number of carbonyl (C=O) groups excluding carboxylic acids is 4. The number of benzene rings is 2. The molecule has 5 rings (SSSR count). The van der Waals surface area contributed by atoms with Crippen LogP contribution in [-0.2, 0) is 20.9 Å². The van der Waals surface area contributed by atoms with Gasteiger partial charge in [0.1, 0.15) is 18.0 Å². The minimum atomic E-state index is -0.735. The molecule has 4 amide bonds. The van der Waals surface area contributed by atoms with Gasteiger partial charge in [0, 0.05) is 37.8 Å². The molecule has 3 heterocycles. The molecule has 0 saturated carbocycles. The van der Waals surface area contributed by atoms with E-state index in [0.717, 1.165) is 18.4 Å². The maximum Gasteiger partial charge on any atom is 0.410 e. The predicted octanol–water partition coefficient (Wildman–Crippen LogP) is 5.37. The summed E-state index contributed by atoms with van der Waals surface area (Å²) in [5, 5.41) is 2.71. The van der Waals surface area contributed by atoms with E-state index in [2.05, 4.69) is 5.32 Å². The van der Waals surface area contributed by atoms with E-state index in [9.17, 15) is 19.2 Å². The van der Waals surface area contributed by atoms with E-state index in [1.54, 1.807) is 28.9 Å². The third-order valence-electron chi connectivity index (χ3n) is 8.31. The van der Waals surface area contributed by atoms with Crippen molar-refractivity contribution in [3.8, 4) is 5.75 Å². The van der Waals surface area contributed by atoms with Crippen LogP contribution < -0.4 is 15.0 Å². The van der Waals surface area contributed by atoms with Crippen molar-refractivity contribution in [2.24, 2.45) is 0 Å². The van der Waals surface area contributed by atoms with Crippen molar-refractivity contribution in [2.75, 3.05) is 31.1 Å². The van der Waals surface area contributed by atoms with E-state index in [0.29, 0.717) is 42.1 Å². The van der Waals surface area contributed by atoms with Crippen molar-refractivity contribution >= 4 is 35.8 Å². The van der Waals surface area contributed by atoms with Gasteiger partial charge in [0.2, 0.25) is 0 Å². The summed E-state index contributed by atoms with van der Waals surface area (Å²) in [6, 6.07) is 12.6. The number of carbonyl (C=O) groups is 4. The fraction of sp³-hybridized carbons (Fsp3) is 0.486. The first-order valence-corrected chi connectivity index (χ1v) is 16.0. The fourth-order valence-corrected chi connectivity index (χ4v) is 6.11. The summed E-state index contributed by atoms with van der Waals surface area (Å²) in [5.74, 6) is 0.0504. The van der Waals surface area contributed by atoms with Gasteiger partial charge in [-0.2, -0.15) is 0 Å². The monoisotopic (exact) mass is 632 g/mol. The van der Waals surface area contributed by atoms with Crippen LogP contribution in [-0.4, -0.2) is 83.8 Å². The zero-order valence-corrected chi connectivity index (χ0v) is 27.3. The van der Waals surface area contributed by atoms with Crippen LogP contribution in [0.25, 0.3) is 6.08 Å². The predicted molar refractivity (Wildman–Crippen MR) is 174 cm³/mol. The summed E-state index contributed by atoms with van der Waals surface area (Å²) in [5.41, 5.74) is 1.87. The molecule has 1 fully saturated rings. The van der Waals surface area contributed by atoms with Gasteiger partial charge in [-0.25, -0.2) is 9.59 Å². The van der Waals surface area contributed by atoms with Crippen LogP contribution in [0.15, 0.2) is 48.5 Å². The van der Waals surface area contributed by atoms with Crippen molar-refractivity contribution in [1.82, 2.24) is 15.1 Å². The third kappa shape index (κ3) is 7.63. The third-order valence-corrected chi connectivity index (χ3v) is 8.31. The molecule has 1 saturated heterocycles. The number of fused-ring (bicyclic) bond motifs is 2. The van der Waals surface area contributed by atoms with Gasteiger partial charge >= 0.3 is 12.2 Å². The quantitative estimate of drug-likeness (QED) is 0.455. The molecule has 3 aliphatic rings. The van der Waals surface area contributed by atoms with Crippen LogP contribution in [0.3, 0.4) is 0 Å². The van der Waals surface area contributed by atoms with Crippen LogP contribution in [0.1, 0.15) is 75.4 Å². The van der Waals surface area contributed by atoms with E-state index < -0.39 is 17.8 Å². The van der Waals surface area contributed by atoms with Gasteiger partial charge in [0.05, 0.1) is 11.7 Å². The smallest absolute Gasteiger partial charge is 0.410 e. The van der Waals surface area contributed by atoms with Gasteiger partial charge in [-0.1, -0.05) is 42.5 Å². The Hall–Kier alpha value is -4.54. The highest BCUT2D eigenvalue weighted by atomic mass is 16.6. The molecule has 11 heteroatoms. The average Bonchev–Trinajstić information content (AvgIpc) is 3.01.